The topological polar surface area (TPSA) is 55.8 Å². The molecule has 4 rings (SSSR count). The molecule has 0 radical (unpaired) electrons. The van der Waals surface area contributed by atoms with Crippen molar-refractivity contribution in [3.8, 4) is 11.5 Å². The number of carbonyl (C=O) groups excluding carboxylic acids is 2. The van der Waals surface area contributed by atoms with Crippen LogP contribution in [0, 0.1) is 0 Å². The maximum absolute atomic E-state index is 13.1. The summed E-state index contributed by atoms with van der Waals surface area (Å²) in [4.78, 5) is 27.1. The molecule has 0 atom stereocenters. The molecule has 5 nitrogen and oxygen atoms in total. The third-order valence-corrected chi connectivity index (χ3v) is 5.17. The number of hydrogen-bond donors (Lipinski definition) is 0. The number of hydrogen-bond acceptors (Lipinski definition) is 4. The van der Waals surface area contributed by atoms with Gasteiger partial charge in [0.1, 0.15) is 11.5 Å². The summed E-state index contributed by atoms with van der Waals surface area (Å²) in [6.07, 6.45) is 2.73. The maximum Gasteiger partial charge on any atom is 0.424 e. The second-order valence-electron chi connectivity index (χ2n) is 7.60. The lowest BCUT2D eigenvalue weighted by Gasteiger charge is -2.22. The summed E-state index contributed by atoms with van der Waals surface area (Å²) >= 11 is 0. The van der Waals surface area contributed by atoms with Crippen molar-refractivity contribution in [1.29, 1.82) is 0 Å². The van der Waals surface area contributed by atoms with Crippen LogP contribution < -0.4 is 14.4 Å². The molecule has 0 aromatic heterocycles. The first-order chi connectivity index (χ1) is 17.1. The van der Waals surface area contributed by atoms with Gasteiger partial charge in [-0.25, -0.2) is 9.69 Å². The molecule has 0 saturated heterocycles. The highest BCUT2D eigenvalue weighted by molar-refractivity contribution is 6.07. The number of allylic oxidation sites excluding steroid dienone is 1. The van der Waals surface area contributed by atoms with Gasteiger partial charge in [-0.3, -0.25) is 4.79 Å². The van der Waals surface area contributed by atoms with E-state index in [1.807, 2.05) is 91.9 Å². The monoisotopic (exact) mass is 463 g/mol. The van der Waals surface area contributed by atoms with E-state index in [-0.39, 0.29) is 5.78 Å². The minimum atomic E-state index is -0.545. The Morgan fingerprint density at radius 2 is 1.26 bits per heavy atom. The lowest BCUT2D eigenvalue weighted by atomic mass is 10.1. The summed E-state index contributed by atoms with van der Waals surface area (Å²) in [5.41, 5.74) is 2.77. The van der Waals surface area contributed by atoms with Gasteiger partial charge in [0.05, 0.1) is 18.0 Å². The fourth-order valence-corrected chi connectivity index (χ4v) is 3.46. The Labute approximate surface area is 204 Å². The third-order valence-electron chi connectivity index (χ3n) is 5.17. The summed E-state index contributed by atoms with van der Waals surface area (Å²) in [7, 11) is 0. The highest BCUT2D eigenvalue weighted by Gasteiger charge is 2.20. The second-order valence-corrected chi connectivity index (χ2v) is 7.60. The SMILES string of the molecule is CCOc1ccc(C=CC(=O)c2ccc(OC(=O)N(c3ccccc3)c3ccccc3)cc2)cc1. The first-order valence-corrected chi connectivity index (χ1v) is 11.3. The van der Waals surface area contributed by atoms with Crippen molar-refractivity contribution in [1.82, 2.24) is 0 Å². The Morgan fingerprint density at radius 3 is 1.80 bits per heavy atom. The van der Waals surface area contributed by atoms with Crippen molar-refractivity contribution in [2.45, 2.75) is 6.92 Å². The molecule has 174 valence electrons. The number of anilines is 2. The van der Waals surface area contributed by atoms with E-state index in [2.05, 4.69) is 0 Å². The smallest absolute Gasteiger partial charge is 0.424 e. The molecule has 0 bridgehead atoms. The molecule has 0 fully saturated rings. The van der Waals surface area contributed by atoms with Gasteiger partial charge < -0.3 is 9.47 Å². The first-order valence-electron chi connectivity index (χ1n) is 11.3. The van der Waals surface area contributed by atoms with Crippen LogP contribution in [0.25, 0.3) is 6.08 Å². The zero-order valence-corrected chi connectivity index (χ0v) is 19.3. The summed E-state index contributed by atoms with van der Waals surface area (Å²) in [5.74, 6) is 0.991. The van der Waals surface area contributed by atoms with Gasteiger partial charge in [-0.05, 0) is 79.2 Å². The van der Waals surface area contributed by atoms with Crippen LogP contribution >= 0.6 is 0 Å². The molecule has 0 N–H and O–H groups in total. The van der Waals surface area contributed by atoms with E-state index in [4.69, 9.17) is 9.47 Å². The van der Waals surface area contributed by atoms with Crippen molar-refractivity contribution in [3.05, 3.63) is 126 Å². The number of benzene rings is 4. The zero-order chi connectivity index (χ0) is 24.5. The number of carbonyl (C=O) groups is 2. The quantitative estimate of drug-likeness (QED) is 0.203. The van der Waals surface area contributed by atoms with Gasteiger partial charge in [-0.15, -0.1) is 0 Å². The van der Waals surface area contributed by atoms with Crippen LogP contribution in [0.5, 0.6) is 11.5 Å². The highest BCUT2D eigenvalue weighted by atomic mass is 16.6. The zero-order valence-electron chi connectivity index (χ0n) is 19.3. The van der Waals surface area contributed by atoms with Gasteiger partial charge in [-0.2, -0.15) is 0 Å². The fraction of sp³-hybridized carbons (Fsp3) is 0.0667. The molecule has 4 aromatic carbocycles. The molecule has 1 amide bonds. The van der Waals surface area contributed by atoms with Crippen LogP contribution in [0.15, 0.2) is 115 Å². The van der Waals surface area contributed by atoms with Crippen LogP contribution in [0.2, 0.25) is 0 Å². The van der Waals surface area contributed by atoms with Crippen LogP contribution in [-0.4, -0.2) is 18.5 Å². The Balaban J connectivity index is 1.44. The number of para-hydroxylation sites is 2. The fourth-order valence-electron chi connectivity index (χ4n) is 3.46. The molecule has 5 heteroatoms. The first kappa shape index (κ1) is 23.5. The van der Waals surface area contributed by atoms with Gasteiger partial charge >= 0.3 is 6.09 Å². The number of amides is 1. The molecular weight excluding hydrogens is 438 g/mol. The molecule has 0 saturated carbocycles. The Kier molecular flexibility index (Phi) is 7.71. The minimum Gasteiger partial charge on any atom is -0.494 e. The van der Waals surface area contributed by atoms with Gasteiger partial charge in [0.25, 0.3) is 0 Å². The molecule has 0 aliphatic carbocycles. The van der Waals surface area contributed by atoms with Crippen LogP contribution in [0.1, 0.15) is 22.8 Å². The van der Waals surface area contributed by atoms with E-state index in [0.717, 1.165) is 11.3 Å². The Morgan fingerprint density at radius 1 is 0.714 bits per heavy atom. The van der Waals surface area contributed by atoms with Gasteiger partial charge in [0.2, 0.25) is 0 Å². The lowest BCUT2D eigenvalue weighted by Crippen LogP contribution is -2.29. The molecule has 0 aliphatic rings. The number of nitrogens with zero attached hydrogens (tertiary/aromatic N) is 1. The molecule has 0 heterocycles. The van der Waals surface area contributed by atoms with E-state index in [9.17, 15) is 9.59 Å². The molecule has 0 spiro atoms. The second kappa shape index (κ2) is 11.5. The number of ether oxygens (including phenoxy) is 2. The summed E-state index contributed by atoms with van der Waals surface area (Å²) < 4.78 is 11.1. The molecule has 0 aliphatic heterocycles. The lowest BCUT2D eigenvalue weighted by molar-refractivity contribution is 0.104. The van der Waals surface area contributed by atoms with Crippen LogP contribution in [0.4, 0.5) is 16.2 Å². The molecule has 35 heavy (non-hydrogen) atoms. The van der Waals surface area contributed by atoms with Crippen LogP contribution in [0.3, 0.4) is 0 Å². The van der Waals surface area contributed by atoms with Crippen molar-refractivity contribution in [3.63, 3.8) is 0 Å². The van der Waals surface area contributed by atoms with E-state index < -0.39 is 6.09 Å². The van der Waals surface area contributed by atoms with Crippen LogP contribution in [-0.2, 0) is 0 Å². The van der Waals surface area contributed by atoms with Crippen molar-refractivity contribution in [2.24, 2.45) is 0 Å². The van der Waals surface area contributed by atoms with Crippen molar-refractivity contribution >= 4 is 29.3 Å². The Bertz CT molecular complexity index is 1240. The van der Waals surface area contributed by atoms with Gasteiger partial charge in [0.15, 0.2) is 5.78 Å². The predicted molar refractivity (Wildman–Crippen MR) is 138 cm³/mol. The minimum absolute atomic E-state index is 0.146. The average Bonchev–Trinajstić information content (AvgIpc) is 2.90. The summed E-state index contributed by atoms with van der Waals surface area (Å²) in [5, 5.41) is 0. The molecular formula is C30H25NO4. The molecule has 0 unspecified atom stereocenters. The van der Waals surface area contributed by atoms with Gasteiger partial charge in [0, 0.05) is 5.56 Å². The molecule has 4 aromatic rings. The average molecular weight is 464 g/mol. The van der Waals surface area contributed by atoms with Gasteiger partial charge in [-0.1, -0.05) is 54.6 Å². The maximum atomic E-state index is 13.1. The number of rotatable bonds is 8. The van der Waals surface area contributed by atoms with E-state index >= 15 is 0 Å². The van der Waals surface area contributed by atoms with Crippen molar-refractivity contribution < 1.29 is 19.1 Å². The summed E-state index contributed by atoms with van der Waals surface area (Å²) in [6.45, 7) is 2.54. The normalized spacial score (nSPS) is 10.7. The highest BCUT2D eigenvalue weighted by Crippen LogP contribution is 2.27. The predicted octanol–water partition coefficient (Wildman–Crippen LogP) is 7.32. The Hall–Kier alpha value is -4.64. The standard InChI is InChI=1S/C30H25NO4/c1-2-34-27-18-13-23(14-19-27)15-22-29(32)24-16-20-28(21-17-24)35-30(33)31(25-9-5-3-6-10-25)26-11-7-4-8-12-26/h3-22H,2H2,1H3. The number of ketones is 1. The van der Waals surface area contributed by atoms with E-state index in [1.165, 1.54) is 11.0 Å². The summed E-state index contributed by atoms with van der Waals surface area (Å²) in [6, 6.07) is 32.6. The van der Waals surface area contributed by atoms with E-state index in [1.54, 1.807) is 30.3 Å². The largest absolute Gasteiger partial charge is 0.494 e. The van der Waals surface area contributed by atoms with Crippen molar-refractivity contribution in [2.75, 3.05) is 11.5 Å². The van der Waals surface area contributed by atoms with E-state index in [0.29, 0.717) is 29.3 Å². The third kappa shape index (κ3) is 6.24.